The van der Waals surface area contributed by atoms with Crippen LogP contribution >= 0.6 is 0 Å². The summed E-state index contributed by atoms with van der Waals surface area (Å²) in [5, 5.41) is 1.43. The molecule has 3 rings (SSSR count). The van der Waals surface area contributed by atoms with Crippen molar-refractivity contribution in [3.63, 3.8) is 0 Å². The number of hydroxylamine groups is 2. The molecular weight excluding hydrogens is 278 g/mol. The molecule has 0 N–H and O–H groups in total. The zero-order chi connectivity index (χ0) is 15.5. The molecule has 5 heteroatoms. The van der Waals surface area contributed by atoms with Gasteiger partial charge in [0.1, 0.15) is 5.69 Å². The molecule has 0 aliphatic heterocycles. The monoisotopic (exact) mass is 299 g/mol. The normalized spacial score (nSPS) is 17.1. The summed E-state index contributed by atoms with van der Waals surface area (Å²) >= 11 is 0. The second-order valence-electron chi connectivity index (χ2n) is 5.76. The van der Waals surface area contributed by atoms with Gasteiger partial charge in [0.05, 0.1) is 20.0 Å². The molecule has 1 heterocycles. The fourth-order valence-electron chi connectivity index (χ4n) is 3.14. The summed E-state index contributed by atoms with van der Waals surface area (Å²) in [6.07, 6.45) is 6.68. The van der Waals surface area contributed by atoms with E-state index in [2.05, 4.69) is 29.2 Å². The fourth-order valence-corrected chi connectivity index (χ4v) is 3.14. The van der Waals surface area contributed by atoms with E-state index in [0.717, 1.165) is 19.3 Å². The SMILES string of the molecule is CON(CC1CCCc2ccccc21)C(=O)c1cn(C)cn1. The number of fused-ring (bicyclic) bond motifs is 1. The van der Waals surface area contributed by atoms with E-state index in [1.807, 2.05) is 7.05 Å². The highest BCUT2D eigenvalue weighted by atomic mass is 16.7. The maximum absolute atomic E-state index is 12.5. The summed E-state index contributed by atoms with van der Waals surface area (Å²) < 4.78 is 1.76. The van der Waals surface area contributed by atoms with Crippen LogP contribution in [-0.4, -0.2) is 34.2 Å². The molecule has 116 valence electrons. The minimum absolute atomic E-state index is 0.189. The third-order valence-electron chi connectivity index (χ3n) is 4.25. The van der Waals surface area contributed by atoms with Crippen molar-refractivity contribution in [1.82, 2.24) is 14.6 Å². The smallest absolute Gasteiger partial charge is 0.297 e. The fraction of sp³-hybridized carbons (Fsp3) is 0.412. The van der Waals surface area contributed by atoms with Crippen LogP contribution in [0.2, 0.25) is 0 Å². The molecular formula is C17H21N3O2. The summed E-state index contributed by atoms with van der Waals surface area (Å²) in [5.41, 5.74) is 3.14. The number of rotatable bonds is 4. The molecule has 0 fully saturated rings. The van der Waals surface area contributed by atoms with Crippen molar-refractivity contribution in [1.29, 1.82) is 0 Å². The second kappa shape index (κ2) is 6.32. The first-order chi connectivity index (χ1) is 10.7. The molecule has 1 atom stereocenters. The zero-order valence-corrected chi connectivity index (χ0v) is 13.0. The molecule has 22 heavy (non-hydrogen) atoms. The molecule has 1 aromatic heterocycles. The first-order valence-electron chi connectivity index (χ1n) is 7.60. The molecule has 0 saturated heterocycles. The quantitative estimate of drug-likeness (QED) is 0.815. The molecule has 0 bridgehead atoms. The Labute approximate surface area is 130 Å². The Bertz CT molecular complexity index is 665. The highest BCUT2D eigenvalue weighted by Gasteiger charge is 2.26. The molecule has 1 aliphatic rings. The zero-order valence-electron chi connectivity index (χ0n) is 13.0. The second-order valence-corrected chi connectivity index (χ2v) is 5.76. The molecule has 0 radical (unpaired) electrons. The van der Waals surface area contributed by atoms with Crippen LogP contribution in [-0.2, 0) is 18.3 Å². The lowest BCUT2D eigenvalue weighted by atomic mass is 9.83. The number of carbonyl (C=O) groups excluding carboxylic acids is 1. The van der Waals surface area contributed by atoms with Crippen LogP contribution in [0.25, 0.3) is 0 Å². The minimum Gasteiger partial charge on any atom is -0.340 e. The van der Waals surface area contributed by atoms with Gasteiger partial charge in [-0.2, -0.15) is 0 Å². The molecule has 1 aliphatic carbocycles. The maximum Gasteiger partial charge on any atom is 0.297 e. The van der Waals surface area contributed by atoms with Crippen molar-refractivity contribution in [2.45, 2.75) is 25.2 Å². The number of hydrogen-bond donors (Lipinski definition) is 0. The van der Waals surface area contributed by atoms with Crippen molar-refractivity contribution in [2.75, 3.05) is 13.7 Å². The van der Waals surface area contributed by atoms with Gasteiger partial charge in [-0.05, 0) is 30.4 Å². The number of amides is 1. The number of nitrogens with zero attached hydrogens (tertiary/aromatic N) is 3. The summed E-state index contributed by atoms with van der Waals surface area (Å²) in [4.78, 5) is 21.9. The van der Waals surface area contributed by atoms with E-state index in [4.69, 9.17) is 4.84 Å². The van der Waals surface area contributed by atoms with E-state index in [1.165, 1.54) is 23.3 Å². The number of benzene rings is 1. The third-order valence-corrected chi connectivity index (χ3v) is 4.25. The number of imidazole rings is 1. The highest BCUT2D eigenvalue weighted by Crippen LogP contribution is 2.32. The Kier molecular flexibility index (Phi) is 4.24. The Morgan fingerprint density at radius 1 is 1.45 bits per heavy atom. The van der Waals surface area contributed by atoms with Crippen molar-refractivity contribution >= 4 is 5.91 Å². The molecule has 0 saturated carbocycles. The summed E-state index contributed by atoms with van der Waals surface area (Å²) in [6.45, 7) is 0.558. The minimum atomic E-state index is -0.189. The van der Waals surface area contributed by atoms with Crippen molar-refractivity contribution in [3.8, 4) is 0 Å². The first kappa shape index (κ1) is 14.8. The van der Waals surface area contributed by atoms with Crippen LogP contribution in [0.4, 0.5) is 0 Å². The van der Waals surface area contributed by atoms with Crippen LogP contribution in [0.1, 0.15) is 40.4 Å². The lowest BCUT2D eigenvalue weighted by molar-refractivity contribution is -0.0992. The van der Waals surface area contributed by atoms with Gasteiger partial charge < -0.3 is 4.57 Å². The average molecular weight is 299 g/mol. The molecule has 1 unspecified atom stereocenters. The van der Waals surface area contributed by atoms with Crippen LogP contribution in [0.15, 0.2) is 36.8 Å². The van der Waals surface area contributed by atoms with Crippen LogP contribution in [0, 0.1) is 0 Å². The Hall–Kier alpha value is -2.14. The molecule has 1 aromatic carbocycles. The van der Waals surface area contributed by atoms with Crippen molar-refractivity contribution < 1.29 is 9.63 Å². The molecule has 0 spiro atoms. The largest absolute Gasteiger partial charge is 0.340 e. The number of hydrogen-bond acceptors (Lipinski definition) is 3. The summed E-state index contributed by atoms with van der Waals surface area (Å²) in [5.74, 6) is 0.128. The predicted molar refractivity (Wildman–Crippen MR) is 83.4 cm³/mol. The van der Waals surface area contributed by atoms with E-state index in [1.54, 1.807) is 17.1 Å². The standard InChI is InChI=1S/C17H21N3O2/c1-19-11-16(18-12-19)17(21)20(22-2)10-14-8-5-7-13-6-3-4-9-15(13)14/h3-4,6,9,11-12,14H,5,7-8,10H2,1-2H3. The summed E-state index contributed by atoms with van der Waals surface area (Å²) in [7, 11) is 3.38. The topological polar surface area (TPSA) is 47.4 Å². The van der Waals surface area contributed by atoms with E-state index < -0.39 is 0 Å². The van der Waals surface area contributed by atoms with Crippen molar-refractivity contribution in [3.05, 3.63) is 53.6 Å². The van der Waals surface area contributed by atoms with Gasteiger partial charge in [-0.3, -0.25) is 9.63 Å². The van der Waals surface area contributed by atoms with E-state index in [9.17, 15) is 4.79 Å². The van der Waals surface area contributed by atoms with Gasteiger partial charge in [-0.25, -0.2) is 10.0 Å². The van der Waals surface area contributed by atoms with Gasteiger partial charge >= 0.3 is 0 Å². The van der Waals surface area contributed by atoms with Crippen LogP contribution < -0.4 is 0 Å². The Balaban J connectivity index is 1.78. The van der Waals surface area contributed by atoms with Gasteiger partial charge in [0.25, 0.3) is 5.91 Å². The number of aryl methyl sites for hydroxylation is 2. The van der Waals surface area contributed by atoms with Gasteiger partial charge in [-0.1, -0.05) is 24.3 Å². The van der Waals surface area contributed by atoms with E-state index >= 15 is 0 Å². The molecule has 5 nitrogen and oxygen atoms in total. The predicted octanol–water partition coefficient (Wildman–Crippen LogP) is 2.54. The first-order valence-corrected chi connectivity index (χ1v) is 7.60. The lowest BCUT2D eigenvalue weighted by Gasteiger charge is -2.29. The maximum atomic E-state index is 12.5. The van der Waals surface area contributed by atoms with E-state index in [0.29, 0.717) is 18.2 Å². The average Bonchev–Trinajstić information content (AvgIpc) is 2.98. The van der Waals surface area contributed by atoms with Gasteiger partial charge in [0.2, 0.25) is 0 Å². The van der Waals surface area contributed by atoms with Gasteiger partial charge in [0.15, 0.2) is 0 Å². The Morgan fingerprint density at radius 2 is 2.27 bits per heavy atom. The highest BCUT2D eigenvalue weighted by molar-refractivity contribution is 5.91. The van der Waals surface area contributed by atoms with Crippen LogP contribution in [0.3, 0.4) is 0 Å². The van der Waals surface area contributed by atoms with E-state index in [-0.39, 0.29) is 5.91 Å². The van der Waals surface area contributed by atoms with Crippen LogP contribution in [0.5, 0.6) is 0 Å². The third kappa shape index (κ3) is 2.90. The summed E-state index contributed by atoms with van der Waals surface area (Å²) in [6, 6.07) is 8.49. The van der Waals surface area contributed by atoms with Gasteiger partial charge in [0, 0.05) is 19.2 Å². The Morgan fingerprint density at radius 3 is 3.00 bits per heavy atom. The van der Waals surface area contributed by atoms with Gasteiger partial charge in [-0.15, -0.1) is 0 Å². The lowest BCUT2D eigenvalue weighted by Crippen LogP contribution is -2.35. The molecule has 1 amide bonds. The number of aromatic nitrogens is 2. The number of carbonyl (C=O) groups is 1. The van der Waals surface area contributed by atoms with Crippen molar-refractivity contribution in [2.24, 2.45) is 7.05 Å². The molecule has 2 aromatic rings.